The van der Waals surface area contributed by atoms with Crippen LogP contribution >= 0.6 is 0 Å². The lowest BCUT2D eigenvalue weighted by molar-refractivity contribution is -0.138. The topological polar surface area (TPSA) is 83.7 Å². The third-order valence-electron chi connectivity index (χ3n) is 6.65. The Morgan fingerprint density at radius 2 is 1.76 bits per heavy atom. The fraction of sp³-hybridized carbons (Fsp3) is 0.500. The molecule has 2 saturated heterocycles. The number of hydrogen-bond acceptors (Lipinski definition) is 5. The summed E-state index contributed by atoms with van der Waals surface area (Å²) in [6.45, 7) is 5.89. The summed E-state index contributed by atoms with van der Waals surface area (Å²) in [7, 11) is -3.87. The van der Waals surface area contributed by atoms with Crippen molar-refractivity contribution in [3.63, 3.8) is 0 Å². The molecule has 2 aliphatic rings. The number of hydrogen-bond donors (Lipinski definition) is 0. The third-order valence-corrected chi connectivity index (χ3v) is 8.71. The quantitative estimate of drug-likeness (QED) is 0.654. The number of benzene rings is 1. The fourth-order valence-electron chi connectivity index (χ4n) is 4.53. The van der Waals surface area contributed by atoms with E-state index in [1.54, 1.807) is 25.1 Å². The molecule has 0 bridgehead atoms. The number of aryl methyl sites for hydroxylation is 1. The van der Waals surface area contributed by atoms with Gasteiger partial charge in [0.05, 0.1) is 0 Å². The van der Waals surface area contributed by atoms with Crippen LogP contribution in [0.2, 0.25) is 0 Å². The molecule has 0 aliphatic carbocycles. The monoisotopic (exact) mass is 475 g/mol. The van der Waals surface area contributed by atoms with Gasteiger partial charge in [-0.2, -0.15) is 4.31 Å². The van der Waals surface area contributed by atoms with Gasteiger partial charge < -0.3 is 9.42 Å². The maximum absolute atomic E-state index is 13.9. The molecule has 0 N–H and O–H groups in total. The molecule has 4 rings (SSSR count). The van der Waals surface area contributed by atoms with Gasteiger partial charge in [-0.25, -0.2) is 12.8 Å². The number of carbonyl (C=O) groups excluding carboxylic acids is 1. The van der Waals surface area contributed by atoms with Crippen LogP contribution in [0.4, 0.5) is 4.39 Å². The summed E-state index contributed by atoms with van der Waals surface area (Å²) in [6.07, 6.45) is 5.94. The average molecular weight is 476 g/mol. The number of sulfonamides is 1. The summed E-state index contributed by atoms with van der Waals surface area (Å²) >= 11 is 0. The number of halogens is 1. The van der Waals surface area contributed by atoms with E-state index in [1.165, 1.54) is 22.5 Å². The summed E-state index contributed by atoms with van der Waals surface area (Å²) in [6, 6.07) is 6.20. The lowest BCUT2D eigenvalue weighted by Crippen LogP contribution is -2.46. The van der Waals surface area contributed by atoms with Crippen LogP contribution in [0.5, 0.6) is 0 Å². The van der Waals surface area contributed by atoms with Crippen LogP contribution in [0.3, 0.4) is 0 Å². The Hall–Kier alpha value is -2.52. The van der Waals surface area contributed by atoms with E-state index in [2.05, 4.69) is 12.1 Å². The Labute approximate surface area is 194 Å². The number of carbonyl (C=O) groups is 1. The van der Waals surface area contributed by atoms with Crippen LogP contribution in [0.1, 0.15) is 49.6 Å². The molecular weight excluding hydrogens is 445 g/mol. The minimum Gasteiger partial charge on any atom is -0.355 e. The molecule has 3 heterocycles. The predicted octanol–water partition coefficient (Wildman–Crippen LogP) is 3.95. The largest absolute Gasteiger partial charge is 0.355 e. The first kappa shape index (κ1) is 23.6. The summed E-state index contributed by atoms with van der Waals surface area (Å²) < 4.78 is 47.4. The van der Waals surface area contributed by atoms with E-state index in [0.717, 1.165) is 25.9 Å². The Morgan fingerprint density at radius 3 is 2.42 bits per heavy atom. The van der Waals surface area contributed by atoms with Crippen LogP contribution in [-0.2, 0) is 14.8 Å². The third kappa shape index (κ3) is 5.04. The Kier molecular flexibility index (Phi) is 6.99. The van der Waals surface area contributed by atoms with Crippen molar-refractivity contribution in [1.82, 2.24) is 14.4 Å². The molecule has 33 heavy (non-hydrogen) atoms. The highest BCUT2D eigenvalue weighted by Gasteiger charge is 2.37. The zero-order valence-corrected chi connectivity index (χ0v) is 19.9. The molecule has 0 atom stereocenters. The van der Waals surface area contributed by atoms with Crippen LogP contribution < -0.4 is 0 Å². The second-order valence-corrected chi connectivity index (χ2v) is 10.9. The van der Waals surface area contributed by atoms with Crippen molar-refractivity contribution < 1.29 is 22.1 Å². The van der Waals surface area contributed by atoms with Gasteiger partial charge in [-0.05, 0) is 56.7 Å². The molecule has 2 fully saturated rings. The molecule has 9 heteroatoms. The van der Waals surface area contributed by atoms with E-state index in [0.29, 0.717) is 24.3 Å². The number of amides is 1. The number of likely N-dealkylation sites (tertiary alicyclic amines) is 1. The van der Waals surface area contributed by atoms with Crippen molar-refractivity contribution in [3.8, 4) is 0 Å². The molecule has 0 spiro atoms. The van der Waals surface area contributed by atoms with E-state index in [9.17, 15) is 17.6 Å². The van der Waals surface area contributed by atoms with Crippen LogP contribution in [0.15, 0.2) is 33.7 Å². The van der Waals surface area contributed by atoms with Gasteiger partial charge >= 0.3 is 0 Å². The summed E-state index contributed by atoms with van der Waals surface area (Å²) in [5, 5.41) is 3.84. The lowest BCUT2D eigenvalue weighted by atomic mass is 9.93. The first-order chi connectivity index (χ1) is 15.8. The van der Waals surface area contributed by atoms with Gasteiger partial charge in [0.25, 0.3) is 0 Å². The second-order valence-electron chi connectivity index (χ2n) is 9.00. The number of rotatable bonds is 5. The molecule has 2 aliphatic heterocycles. The predicted molar refractivity (Wildman–Crippen MR) is 123 cm³/mol. The van der Waals surface area contributed by atoms with Crippen molar-refractivity contribution in [2.75, 3.05) is 26.2 Å². The SMILES string of the molecule is Cc1noc(C=Cc2ccccc2F)c1S(=O)(=O)N1CCC(C(=O)N2CCC(C)CC2)CC1. The van der Waals surface area contributed by atoms with Gasteiger partial charge in [0, 0.05) is 37.7 Å². The molecule has 0 unspecified atom stereocenters. The van der Waals surface area contributed by atoms with Gasteiger partial charge in [0.15, 0.2) is 10.7 Å². The normalized spacial score (nSPS) is 19.4. The van der Waals surface area contributed by atoms with E-state index in [4.69, 9.17) is 4.52 Å². The van der Waals surface area contributed by atoms with Gasteiger partial charge in [-0.15, -0.1) is 0 Å². The van der Waals surface area contributed by atoms with Crippen molar-refractivity contribution >= 4 is 28.1 Å². The molecule has 2 aromatic rings. The molecule has 7 nitrogen and oxygen atoms in total. The van der Waals surface area contributed by atoms with Crippen molar-refractivity contribution in [2.24, 2.45) is 11.8 Å². The Morgan fingerprint density at radius 1 is 1.09 bits per heavy atom. The van der Waals surface area contributed by atoms with Crippen LogP contribution in [0.25, 0.3) is 12.2 Å². The minimum atomic E-state index is -3.87. The smallest absolute Gasteiger partial charge is 0.248 e. The zero-order chi connectivity index (χ0) is 23.6. The minimum absolute atomic E-state index is 0.00937. The lowest BCUT2D eigenvalue weighted by Gasteiger charge is -2.36. The fourth-order valence-corrected chi connectivity index (χ4v) is 6.25. The molecule has 0 saturated carbocycles. The molecule has 1 aromatic heterocycles. The highest BCUT2D eigenvalue weighted by molar-refractivity contribution is 7.89. The second kappa shape index (κ2) is 9.77. The highest BCUT2D eigenvalue weighted by atomic mass is 32.2. The summed E-state index contributed by atoms with van der Waals surface area (Å²) in [4.78, 5) is 14.8. The maximum atomic E-state index is 13.9. The number of nitrogens with zero attached hydrogens (tertiary/aromatic N) is 3. The first-order valence-corrected chi connectivity index (χ1v) is 12.9. The first-order valence-electron chi connectivity index (χ1n) is 11.4. The Bertz CT molecular complexity index is 1130. The number of piperidine rings is 2. The van der Waals surface area contributed by atoms with Gasteiger partial charge in [-0.1, -0.05) is 30.3 Å². The van der Waals surface area contributed by atoms with Crippen molar-refractivity contribution in [1.29, 1.82) is 0 Å². The highest BCUT2D eigenvalue weighted by Crippen LogP contribution is 2.30. The van der Waals surface area contributed by atoms with Crippen LogP contribution in [0, 0.1) is 24.6 Å². The van der Waals surface area contributed by atoms with Gasteiger partial charge in [0.1, 0.15) is 11.5 Å². The van der Waals surface area contributed by atoms with E-state index in [1.807, 2.05) is 4.90 Å². The van der Waals surface area contributed by atoms with Crippen molar-refractivity contribution in [3.05, 3.63) is 47.1 Å². The van der Waals surface area contributed by atoms with Crippen LogP contribution in [-0.4, -0.2) is 54.9 Å². The molecule has 1 aromatic carbocycles. The van der Waals surface area contributed by atoms with Crippen molar-refractivity contribution in [2.45, 2.75) is 44.4 Å². The average Bonchev–Trinajstić information content (AvgIpc) is 3.20. The molecule has 1 amide bonds. The van der Waals surface area contributed by atoms with E-state index >= 15 is 0 Å². The summed E-state index contributed by atoms with van der Waals surface area (Å²) in [5.41, 5.74) is 0.574. The molecule has 0 radical (unpaired) electrons. The zero-order valence-electron chi connectivity index (χ0n) is 19.0. The number of aromatic nitrogens is 1. The maximum Gasteiger partial charge on any atom is 0.248 e. The molecule has 178 valence electrons. The Balaban J connectivity index is 1.46. The van der Waals surface area contributed by atoms with E-state index in [-0.39, 0.29) is 41.3 Å². The van der Waals surface area contributed by atoms with E-state index < -0.39 is 15.8 Å². The van der Waals surface area contributed by atoms with Gasteiger partial charge in [-0.3, -0.25) is 4.79 Å². The summed E-state index contributed by atoms with van der Waals surface area (Å²) in [5.74, 6) is 0.303. The molecular formula is C24H30FN3O4S. The standard InChI is InChI=1S/C24H30FN3O4S/c1-17-9-13-27(14-10-17)24(29)20-11-15-28(16-12-20)33(30,31)23-18(2)26-32-22(23)8-7-19-5-3-4-6-21(19)25/h3-8,17,20H,9-16H2,1-2H3. The van der Waals surface area contributed by atoms with Gasteiger partial charge in [0.2, 0.25) is 15.9 Å².